The molecule has 3 rings (SSSR count). The molecule has 1 aromatic heterocycles. The second-order valence-corrected chi connectivity index (χ2v) is 10.4. The van der Waals surface area contributed by atoms with E-state index in [9.17, 15) is 18.0 Å². The molecular weight excluding hydrogens is 454 g/mol. The van der Waals surface area contributed by atoms with Gasteiger partial charge in [0.2, 0.25) is 10.0 Å². The summed E-state index contributed by atoms with van der Waals surface area (Å²) in [5.74, 6) is -0.794. The van der Waals surface area contributed by atoms with Gasteiger partial charge in [-0.05, 0) is 61.6 Å². The molecule has 1 heterocycles. The van der Waals surface area contributed by atoms with Crippen LogP contribution in [0.1, 0.15) is 50.3 Å². The number of ether oxygens (including phenoxy) is 1. The second kappa shape index (κ2) is 10.5. The molecule has 0 radical (unpaired) electrons. The minimum Gasteiger partial charge on any atom is -0.425 e. The molecule has 0 saturated heterocycles. The Labute approximate surface area is 200 Å². The van der Waals surface area contributed by atoms with Crippen molar-refractivity contribution in [2.45, 2.75) is 64.8 Å². The molecule has 2 aromatic carbocycles. The van der Waals surface area contributed by atoms with Crippen molar-refractivity contribution in [2.75, 3.05) is 0 Å². The Hall–Kier alpha value is -2.97. The largest absolute Gasteiger partial charge is 0.425 e. The fraction of sp³-hybridized carbons (Fsp3) is 0.385. The van der Waals surface area contributed by atoms with Crippen LogP contribution in [0.15, 0.2) is 56.6 Å². The first-order chi connectivity index (χ1) is 16.1. The lowest BCUT2D eigenvalue weighted by molar-refractivity contribution is -0.137. The molecule has 34 heavy (non-hydrogen) atoms. The molecule has 0 amide bonds. The molecule has 0 saturated carbocycles. The van der Waals surface area contributed by atoms with Gasteiger partial charge >= 0.3 is 11.6 Å². The first kappa shape index (κ1) is 25.6. The summed E-state index contributed by atoms with van der Waals surface area (Å²) in [7, 11) is -3.95. The predicted octanol–water partition coefficient (Wildman–Crippen LogP) is 4.66. The van der Waals surface area contributed by atoms with Crippen LogP contribution in [0.2, 0.25) is 0 Å². The van der Waals surface area contributed by atoms with Gasteiger partial charge in [0.1, 0.15) is 17.4 Å². The average Bonchev–Trinajstić information content (AvgIpc) is 2.76. The highest BCUT2D eigenvalue weighted by Gasteiger charge is 2.32. The van der Waals surface area contributed by atoms with E-state index in [1.54, 1.807) is 38.1 Å². The Bertz CT molecular complexity index is 1340. The van der Waals surface area contributed by atoms with Crippen molar-refractivity contribution < 1.29 is 22.4 Å². The molecule has 0 aliphatic rings. The van der Waals surface area contributed by atoms with Crippen molar-refractivity contribution in [3.63, 3.8) is 0 Å². The fourth-order valence-corrected chi connectivity index (χ4v) is 5.07. The Morgan fingerprint density at radius 1 is 1.06 bits per heavy atom. The van der Waals surface area contributed by atoms with Crippen LogP contribution < -0.4 is 15.1 Å². The molecule has 7 nitrogen and oxygen atoms in total. The van der Waals surface area contributed by atoms with E-state index in [0.717, 1.165) is 23.1 Å². The molecule has 0 bridgehead atoms. The van der Waals surface area contributed by atoms with Crippen molar-refractivity contribution >= 4 is 27.0 Å². The lowest BCUT2D eigenvalue weighted by Gasteiger charge is -2.23. The van der Waals surface area contributed by atoms with Gasteiger partial charge in [-0.3, -0.25) is 0 Å². The molecule has 0 unspecified atom stereocenters. The third kappa shape index (κ3) is 5.74. The number of nitrogens with one attached hydrogen (secondary N) is 1. The smallest absolute Gasteiger partial charge is 0.336 e. The van der Waals surface area contributed by atoms with Crippen molar-refractivity contribution in [1.29, 1.82) is 0 Å². The normalized spacial score (nSPS) is 13.6. The van der Waals surface area contributed by atoms with Crippen LogP contribution in [0, 0.1) is 19.8 Å². The number of esters is 1. The number of benzene rings is 2. The lowest BCUT2D eigenvalue weighted by atomic mass is 10.00. The predicted molar refractivity (Wildman–Crippen MR) is 132 cm³/mol. The van der Waals surface area contributed by atoms with Gasteiger partial charge < -0.3 is 9.15 Å². The van der Waals surface area contributed by atoms with Crippen molar-refractivity contribution in [3.8, 4) is 5.75 Å². The average molecular weight is 486 g/mol. The van der Waals surface area contributed by atoms with Gasteiger partial charge in [-0.1, -0.05) is 51.3 Å². The van der Waals surface area contributed by atoms with Crippen LogP contribution in [0.3, 0.4) is 0 Å². The number of carbonyl (C=O) groups is 1. The van der Waals surface area contributed by atoms with E-state index in [4.69, 9.17) is 9.15 Å². The van der Waals surface area contributed by atoms with Crippen LogP contribution in [0.25, 0.3) is 11.0 Å². The highest BCUT2D eigenvalue weighted by molar-refractivity contribution is 7.89. The number of hydrogen-bond donors (Lipinski definition) is 1. The minimum absolute atomic E-state index is 0.0761. The summed E-state index contributed by atoms with van der Waals surface area (Å²) in [5.41, 5.74) is 2.25. The van der Waals surface area contributed by atoms with Crippen LogP contribution in [-0.2, 0) is 21.2 Å². The maximum absolute atomic E-state index is 13.3. The van der Waals surface area contributed by atoms with E-state index < -0.39 is 27.7 Å². The quantitative estimate of drug-likeness (QED) is 0.269. The maximum Gasteiger partial charge on any atom is 0.336 e. The van der Waals surface area contributed by atoms with Crippen LogP contribution in [-0.4, -0.2) is 20.4 Å². The zero-order valence-corrected chi connectivity index (χ0v) is 21.0. The molecule has 3 aromatic rings. The number of carbonyl (C=O) groups excluding carboxylic acids is 1. The first-order valence-electron chi connectivity index (χ1n) is 11.4. The van der Waals surface area contributed by atoms with Crippen molar-refractivity contribution in [1.82, 2.24) is 4.72 Å². The molecule has 0 aliphatic carbocycles. The third-order valence-corrected chi connectivity index (χ3v) is 7.30. The van der Waals surface area contributed by atoms with Gasteiger partial charge in [0, 0.05) is 6.07 Å². The highest BCUT2D eigenvalue weighted by atomic mass is 32.2. The second-order valence-electron chi connectivity index (χ2n) is 8.70. The first-order valence-corrected chi connectivity index (χ1v) is 12.9. The summed E-state index contributed by atoms with van der Waals surface area (Å²) in [6, 6.07) is 10.1. The van der Waals surface area contributed by atoms with Crippen LogP contribution in [0.4, 0.5) is 0 Å². The standard InChI is InChI=1S/C26H31NO6S/c1-6-8-19-15-23(28)32-21-13-17(4)14-22(24(19)21)33-26(29)25(18(5)7-2)27-34(30,31)20-11-9-16(3)10-12-20/h9-15,18,25,27H,6-8H2,1-5H3/t18-,25+/m0/s1. The Kier molecular flexibility index (Phi) is 7.94. The summed E-state index contributed by atoms with van der Waals surface area (Å²) < 4.78 is 39.7. The molecular formula is C26H31NO6S. The van der Waals surface area contributed by atoms with Gasteiger partial charge in [-0.15, -0.1) is 0 Å². The zero-order valence-electron chi connectivity index (χ0n) is 20.2. The summed E-state index contributed by atoms with van der Waals surface area (Å²) in [4.78, 5) is 25.4. The molecule has 2 atom stereocenters. The summed E-state index contributed by atoms with van der Waals surface area (Å²) in [6.45, 7) is 9.32. The molecule has 0 spiro atoms. The fourth-order valence-electron chi connectivity index (χ4n) is 3.77. The molecule has 0 aliphatic heterocycles. The molecule has 0 fully saturated rings. The lowest BCUT2D eigenvalue weighted by Crippen LogP contribution is -2.47. The summed E-state index contributed by atoms with van der Waals surface area (Å²) in [6.07, 6.45) is 1.94. The van der Waals surface area contributed by atoms with Crippen molar-refractivity contribution in [3.05, 3.63) is 69.6 Å². The molecule has 1 N–H and O–H groups in total. The topological polar surface area (TPSA) is 103 Å². The summed E-state index contributed by atoms with van der Waals surface area (Å²) >= 11 is 0. The Morgan fingerprint density at radius 2 is 1.74 bits per heavy atom. The number of sulfonamides is 1. The third-order valence-electron chi connectivity index (χ3n) is 5.84. The number of hydrogen-bond acceptors (Lipinski definition) is 6. The number of aryl methyl sites for hydroxylation is 3. The van der Waals surface area contributed by atoms with E-state index in [1.165, 1.54) is 18.2 Å². The van der Waals surface area contributed by atoms with Crippen molar-refractivity contribution in [2.24, 2.45) is 5.92 Å². The SMILES string of the molecule is CCCc1cc(=O)oc2cc(C)cc(OC(=O)[C@H](NS(=O)(=O)c3ccc(C)cc3)[C@@H](C)CC)c12. The zero-order chi connectivity index (χ0) is 25.0. The van der Waals surface area contributed by atoms with Crippen LogP contribution >= 0.6 is 0 Å². The minimum atomic E-state index is -3.95. The van der Waals surface area contributed by atoms with Gasteiger partial charge in [-0.2, -0.15) is 4.72 Å². The van der Waals surface area contributed by atoms with Gasteiger partial charge in [0.25, 0.3) is 0 Å². The Morgan fingerprint density at radius 3 is 2.35 bits per heavy atom. The number of rotatable bonds is 9. The molecule has 182 valence electrons. The monoisotopic (exact) mass is 485 g/mol. The van der Waals surface area contributed by atoms with E-state index in [-0.39, 0.29) is 16.6 Å². The maximum atomic E-state index is 13.3. The van der Waals surface area contributed by atoms with E-state index in [1.807, 2.05) is 20.8 Å². The van der Waals surface area contributed by atoms with Gasteiger partial charge in [0.05, 0.1) is 10.3 Å². The van der Waals surface area contributed by atoms with E-state index in [2.05, 4.69) is 4.72 Å². The highest BCUT2D eigenvalue weighted by Crippen LogP contribution is 2.31. The summed E-state index contributed by atoms with van der Waals surface area (Å²) in [5, 5.41) is 0.546. The van der Waals surface area contributed by atoms with E-state index >= 15 is 0 Å². The van der Waals surface area contributed by atoms with E-state index in [0.29, 0.717) is 23.8 Å². The number of fused-ring (bicyclic) bond motifs is 1. The van der Waals surface area contributed by atoms with Gasteiger partial charge in [0.15, 0.2) is 0 Å². The van der Waals surface area contributed by atoms with Gasteiger partial charge in [-0.25, -0.2) is 18.0 Å². The Balaban J connectivity index is 2.01. The van der Waals surface area contributed by atoms with Crippen LogP contribution in [0.5, 0.6) is 5.75 Å². The molecule has 8 heteroatoms.